The number of carbonyl (C=O) groups is 1. The number of fused-ring (bicyclic) bond motifs is 2. The molecule has 20 atom stereocenters. The van der Waals surface area contributed by atoms with Gasteiger partial charge in [0.05, 0.1) is 55.4 Å². The summed E-state index contributed by atoms with van der Waals surface area (Å²) < 4.78 is 64.6. The van der Waals surface area contributed by atoms with Crippen LogP contribution in [0.15, 0.2) is 59.3 Å². The van der Waals surface area contributed by atoms with Gasteiger partial charge in [0.1, 0.15) is 35.9 Å². The zero-order valence-electron chi connectivity index (χ0n) is 39.3. The topological polar surface area (TPSA) is 162 Å². The predicted octanol–water partition coefficient (Wildman–Crippen LogP) is 5.60. The van der Waals surface area contributed by atoms with Gasteiger partial charge in [-0.2, -0.15) is 0 Å². The molecule has 1 aliphatic carbocycles. The molecule has 0 unspecified atom stereocenters. The first-order chi connectivity index (χ1) is 30.0. The van der Waals surface area contributed by atoms with Crippen molar-refractivity contribution in [3.05, 3.63) is 59.3 Å². The molecule has 6 aliphatic heterocycles. The lowest BCUT2D eigenvalue weighted by atomic mass is 9.71. The molecule has 14 heteroatoms. The molecular weight excluding hydrogens is 811 g/mol. The van der Waals surface area contributed by atoms with Crippen LogP contribution in [-0.2, 0) is 52.2 Å². The maximum Gasteiger partial charge on any atom is 0.316 e. The lowest BCUT2D eigenvalue weighted by Gasteiger charge is -2.48. The van der Waals surface area contributed by atoms with Crippen molar-refractivity contribution in [1.82, 2.24) is 5.32 Å². The summed E-state index contributed by atoms with van der Waals surface area (Å²) in [6.45, 7) is 16.4. The van der Waals surface area contributed by atoms with Crippen molar-refractivity contribution in [1.29, 1.82) is 0 Å². The standard InChI is InChI=1S/C49H75NO13/c1-12-26(2)44-29(5)18-19-48(63-44)24-35-21-34(62-48)17-16-28(4)43(27(3)14-13-15-33-25-56-46-42(51)30(6)20-36(47(52)59-35)49(33,46)53)60-40-23-38(55-11)45(32(8)58-40)61-39-22-37(54-10)41(50-9)31(7)57-39/h13-16,18-20,26-27,29,31-32,34-46,50-51,53H,12,17,21-25H2,1-11H3/b14-13+,28-16+,33-15+/t26-,27+,29+,31-,32+,34-,35+,36+,37-,38+,39+,40+,41-,42-,43+,44-,45+,46-,48-,49-/m1/s1. The molecule has 3 N–H and O–H groups in total. The first kappa shape index (κ1) is 48.6. The van der Waals surface area contributed by atoms with Gasteiger partial charge in [0.15, 0.2) is 18.4 Å². The van der Waals surface area contributed by atoms with Gasteiger partial charge in [-0.05, 0) is 69.9 Å². The van der Waals surface area contributed by atoms with Gasteiger partial charge in [0.2, 0.25) is 0 Å². The van der Waals surface area contributed by atoms with Crippen molar-refractivity contribution in [3.63, 3.8) is 0 Å². The van der Waals surface area contributed by atoms with Gasteiger partial charge in [0, 0.05) is 51.7 Å². The van der Waals surface area contributed by atoms with Crippen molar-refractivity contribution in [2.45, 2.75) is 191 Å². The Bertz CT molecular complexity index is 1750. The second-order valence-corrected chi connectivity index (χ2v) is 19.3. The molecule has 0 aromatic rings. The van der Waals surface area contributed by atoms with Crippen molar-refractivity contribution in [3.8, 4) is 0 Å². The van der Waals surface area contributed by atoms with E-state index in [1.54, 1.807) is 33.3 Å². The molecule has 1 spiro atoms. The van der Waals surface area contributed by atoms with E-state index in [0.717, 1.165) is 12.0 Å². The molecule has 0 saturated carbocycles. The number of allylic oxidation sites excluding steroid dienone is 2. The molecule has 14 nitrogen and oxygen atoms in total. The zero-order chi connectivity index (χ0) is 45.4. The van der Waals surface area contributed by atoms with Crippen molar-refractivity contribution >= 4 is 5.97 Å². The van der Waals surface area contributed by atoms with Gasteiger partial charge in [-0.25, -0.2) is 0 Å². The Morgan fingerprint density at radius 3 is 2.35 bits per heavy atom. The Balaban J connectivity index is 1.18. The molecule has 7 aliphatic rings. The van der Waals surface area contributed by atoms with Crippen LogP contribution in [0.4, 0.5) is 0 Å². The summed E-state index contributed by atoms with van der Waals surface area (Å²) >= 11 is 0. The highest BCUT2D eigenvalue weighted by Gasteiger charge is 2.60. The lowest BCUT2D eigenvalue weighted by Crippen LogP contribution is -2.58. The molecule has 4 fully saturated rings. The van der Waals surface area contributed by atoms with Gasteiger partial charge >= 0.3 is 5.97 Å². The summed E-state index contributed by atoms with van der Waals surface area (Å²) in [6.07, 6.45) is 10.7. The SMILES string of the molecule is CC[C@@H](C)[C@H]1O[C@]2(C=C[C@@H]1C)C[C@@H]1C[C@@H](C/C=C(\C)[C@@H](O[C@H]3C[C@H](OC)[C@@H](O[C@H]4C[C@@H](OC)[C@H](NC)[C@@H](C)O4)[C@H](C)O3)[C@@H](C)/C=C/C=C3\CO[C@@H]4[C@H](O)C(C)=C[C@@H](C(=O)O1)[C@]34O)O2. The van der Waals surface area contributed by atoms with Crippen LogP contribution in [0.2, 0.25) is 0 Å². The molecule has 63 heavy (non-hydrogen) atoms. The van der Waals surface area contributed by atoms with Gasteiger partial charge < -0.3 is 62.9 Å². The van der Waals surface area contributed by atoms with Crippen molar-refractivity contribution in [2.75, 3.05) is 27.9 Å². The number of hydrogen-bond donors (Lipinski definition) is 3. The summed E-state index contributed by atoms with van der Waals surface area (Å²) in [7, 11) is 5.30. The van der Waals surface area contributed by atoms with Gasteiger partial charge in [-0.3, -0.25) is 4.79 Å². The fourth-order valence-corrected chi connectivity index (χ4v) is 11.0. The monoisotopic (exact) mass is 886 g/mol. The largest absolute Gasteiger partial charge is 0.462 e. The van der Waals surface area contributed by atoms with Gasteiger partial charge in [-0.1, -0.05) is 70.6 Å². The number of aliphatic hydroxyl groups is 2. The normalized spacial score (nSPS) is 48.6. The summed E-state index contributed by atoms with van der Waals surface area (Å²) in [5, 5.41) is 27.1. The third-order valence-electron chi connectivity index (χ3n) is 14.9. The summed E-state index contributed by atoms with van der Waals surface area (Å²) in [4.78, 5) is 14.4. The molecule has 4 saturated heterocycles. The van der Waals surface area contributed by atoms with Crippen molar-refractivity contribution in [2.24, 2.45) is 23.7 Å². The van der Waals surface area contributed by atoms with E-state index in [0.29, 0.717) is 43.3 Å². The van der Waals surface area contributed by atoms with E-state index >= 15 is 0 Å². The number of ether oxygens (including phenoxy) is 10. The Morgan fingerprint density at radius 1 is 0.921 bits per heavy atom. The quantitative estimate of drug-likeness (QED) is 0.194. The smallest absolute Gasteiger partial charge is 0.316 e. The highest BCUT2D eigenvalue weighted by Crippen LogP contribution is 2.47. The molecule has 6 heterocycles. The van der Waals surface area contributed by atoms with Crippen LogP contribution in [0, 0.1) is 23.7 Å². The number of rotatable bonds is 9. The second-order valence-electron chi connectivity index (χ2n) is 19.3. The third-order valence-corrected chi connectivity index (χ3v) is 14.9. The van der Waals surface area contributed by atoms with E-state index in [1.165, 1.54) is 0 Å². The minimum atomic E-state index is -1.83. The van der Waals surface area contributed by atoms with E-state index in [4.69, 9.17) is 47.4 Å². The summed E-state index contributed by atoms with van der Waals surface area (Å²) in [5.74, 6) is -2.51. The van der Waals surface area contributed by atoms with E-state index in [2.05, 4.69) is 52.1 Å². The fraction of sp³-hybridized carbons (Fsp3) is 0.776. The predicted molar refractivity (Wildman–Crippen MR) is 234 cm³/mol. The highest BCUT2D eigenvalue weighted by molar-refractivity contribution is 5.78. The van der Waals surface area contributed by atoms with Gasteiger partial charge in [-0.15, -0.1) is 0 Å². The summed E-state index contributed by atoms with van der Waals surface area (Å²) in [5.41, 5.74) is 0.180. The lowest BCUT2D eigenvalue weighted by molar-refractivity contribution is -0.312. The molecule has 0 amide bonds. The second kappa shape index (κ2) is 20.3. The maximum absolute atomic E-state index is 14.4. The van der Waals surface area contributed by atoms with Crippen LogP contribution in [0.5, 0.6) is 0 Å². The number of methoxy groups -OCH3 is 2. The number of nitrogens with one attached hydrogen (secondary N) is 1. The molecule has 2 bridgehead atoms. The molecule has 0 aromatic carbocycles. The number of likely N-dealkylation sites (N-methyl/N-ethyl adjacent to an activating group) is 1. The Hall–Kier alpha value is -2.31. The van der Waals surface area contributed by atoms with Crippen LogP contribution in [0.1, 0.15) is 93.9 Å². The maximum atomic E-state index is 14.4. The molecule has 0 radical (unpaired) electrons. The molecule has 0 aromatic heterocycles. The number of esters is 1. The van der Waals surface area contributed by atoms with Crippen LogP contribution in [0.25, 0.3) is 0 Å². The Kier molecular flexibility index (Phi) is 15.7. The van der Waals surface area contributed by atoms with E-state index in [-0.39, 0.29) is 67.0 Å². The summed E-state index contributed by atoms with van der Waals surface area (Å²) in [6, 6.07) is 0.0442. The minimum absolute atomic E-state index is 0.0411. The third kappa shape index (κ3) is 10.0. The molecule has 354 valence electrons. The average Bonchev–Trinajstić information content (AvgIpc) is 3.60. The number of aliphatic hydroxyl groups excluding tert-OH is 1. The Morgan fingerprint density at radius 2 is 1.63 bits per heavy atom. The van der Waals surface area contributed by atoms with Crippen LogP contribution in [0.3, 0.4) is 0 Å². The zero-order valence-corrected chi connectivity index (χ0v) is 39.3. The van der Waals surface area contributed by atoms with Crippen LogP contribution >= 0.6 is 0 Å². The number of carbonyl (C=O) groups excluding carboxylic acids is 1. The minimum Gasteiger partial charge on any atom is -0.462 e. The van der Waals surface area contributed by atoms with E-state index < -0.39 is 66.4 Å². The molecule has 7 rings (SSSR count). The van der Waals surface area contributed by atoms with Gasteiger partial charge in [0.25, 0.3) is 0 Å². The van der Waals surface area contributed by atoms with E-state index in [9.17, 15) is 15.0 Å². The van der Waals surface area contributed by atoms with E-state index in [1.807, 2.05) is 39.1 Å². The van der Waals surface area contributed by atoms with Crippen molar-refractivity contribution < 1.29 is 62.4 Å². The Labute approximate surface area is 374 Å². The fourth-order valence-electron chi connectivity index (χ4n) is 11.0. The van der Waals surface area contributed by atoms with Crippen LogP contribution < -0.4 is 5.32 Å². The average molecular weight is 886 g/mol. The number of hydrogen-bond acceptors (Lipinski definition) is 14. The first-order valence-electron chi connectivity index (χ1n) is 23.4. The molecular formula is C49H75NO13. The van der Waals surface area contributed by atoms with Crippen LogP contribution in [-0.4, -0.2) is 141 Å². The first-order valence-corrected chi connectivity index (χ1v) is 23.4. The highest BCUT2D eigenvalue weighted by atomic mass is 16.7.